The molecule has 0 spiro atoms. The lowest BCUT2D eigenvalue weighted by Gasteiger charge is -2.22. The van der Waals surface area contributed by atoms with E-state index in [4.69, 9.17) is 18.9 Å². The summed E-state index contributed by atoms with van der Waals surface area (Å²) in [5.41, 5.74) is 1.99. The second-order valence-electron chi connectivity index (χ2n) is 11.2. The number of aromatic nitrogens is 3. The normalized spacial score (nSPS) is 11.5. The minimum Gasteiger partial charge on any atom is -0.497 e. The number of hydrogen-bond acceptors (Lipinski definition) is 8. The largest absolute Gasteiger partial charge is 0.497 e. The highest BCUT2D eigenvalue weighted by molar-refractivity contribution is 6.03. The van der Waals surface area contributed by atoms with Crippen molar-refractivity contribution in [3.05, 3.63) is 53.3 Å². The van der Waals surface area contributed by atoms with Crippen LogP contribution in [-0.4, -0.2) is 60.0 Å². The van der Waals surface area contributed by atoms with Gasteiger partial charge in [0.15, 0.2) is 5.69 Å². The molecular formula is C29H39N5O6. The molecule has 1 aromatic heterocycles. The zero-order chi connectivity index (χ0) is 29.7. The average Bonchev–Trinajstić information content (AvgIpc) is 3.25. The minimum atomic E-state index is -0.581. The SMILES string of the molecule is COc1ccc(OC)c(-n2nnc(C(=O)Nc3cc(OCCNC(=O)OC(C)(C)C)cc(C(C)(C)C)c3)c2C)c1. The molecule has 216 valence electrons. The summed E-state index contributed by atoms with van der Waals surface area (Å²) in [5.74, 6) is 1.30. The molecule has 0 saturated heterocycles. The maximum absolute atomic E-state index is 13.3. The molecule has 3 aromatic rings. The van der Waals surface area contributed by atoms with Gasteiger partial charge in [0.2, 0.25) is 0 Å². The Morgan fingerprint density at radius 3 is 2.30 bits per heavy atom. The van der Waals surface area contributed by atoms with Gasteiger partial charge in [-0.3, -0.25) is 4.79 Å². The van der Waals surface area contributed by atoms with Crippen LogP contribution >= 0.6 is 0 Å². The summed E-state index contributed by atoms with van der Waals surface area (Å²) in [6, 6.07) is 10.8. The van der Waals surface area contributed by atoms with Gasteiger partial charge in [-0.05, 0) is 62.9 Å². The highest BCUT2D eigenvalue weighted by Gasteiger charge is 2.22. The molecule has 0 aliphatic rings. The Balaban J connectivity index is 1.78. The standard InChI is InChI=1S/C29H39N5O6/c1-18-25(32-33-34(18)23-17-21(37-8)10-11-24(23)38-9)26(35)31-20-14-19(28(2,3)4)15-22(16-20)39-13-12-30-27(36)40-29(5,6)7/h10-11,14-17H,12-13H2,1-9H3,(H,30,36)(H,31,35). The van der Waals surface area contributed by atoms with Crippen LogP contribution in [0.1, 0.15) is 63.3 Å². The molecule has 0 aliphatic heterocycles. The molecule has 2 N–H and O–H groups in total. The molecule has 0 aliphatic carbocycles. The summed E-state index contributed by atoms with van der Waals surface area (Å²) < 4.78 is 23.5. The quantitative estimate of drug-likeness (QED) is 0.353. The van der Waals surface area contributed by atoms with Gasteiger partial charge in [-0.15, -0.1) is 5.10 Å². The predicted octanol–water partition coefficient (Wildman–Crippen LogP) is 5.05. The Morgan fingerprint density at radius 1 is 0.950 bits per heavy atom. The number of ether oxygens (including phenoxy) is 4. The van der Waals surface area contributed by atoms with Crippen LogP contribution in [0.2, 0.25) is 0 Å². The first kappa shape index (κ1) is 30.3. The molecule has 2 amide bonds. The van der Waals surface area contributed by atoms with E-state index in [-0.39, 0.29) is 24.3 Å². The van der Waals surface area contributed by atoms with E-state index in [9.17, 15) is 9.59 Å². The van der Waals surface area contributed by atoms with Crippen molar-refractivity contribution in [2.24, 2.45) is 0 Å². The van der Waals surface area contributed by atoms with Gasteiger partial charge in [-0.1, -0.05) is 26.0 Å². The van der Waals surface area contributed by atoms with Gasteiger partial charge in [0.25, 0.3) is 5.91 Å². The minimum absolute atomic E-state index is 0.162. The number of nitrogens with zero attached hydrogens (tertiary/aromatic N) is 3. The molecule has 1 heterocycles. The van der Waals surface area contributed by atoms with Crippen LogP contribution in [0.5, 0.6) is 17.2 Å². The molecule has 40 heavy (non-hydrogen) atoms. The van der Waals surface area contributed by atoms with Crippen LogP contribution in [0, 0.1) is 6.92 Å². The molecular weight excluding hydrogens is 514 g/mol. The summed E-state index contributed by atoms with van der Waals surface area (Å²) in [6.45, 7) is 13.8. The highest BCUT2D eigenvalue weighted by Crippen LogP contribution is 2.31. The van der Waals surface area contributed by atoms with Crippen LogP contribution < -0.4 is 24.8 Å². The lowest BCUT2D eigenvalue weighted by molar-refractivity contribution is 0.0520. The molecule has 11 nitrogen and oxygen atoms in total. The summed E-state index contributed by atoms with van der Waals surface area (Å²) in [6.07, 6.45) is -0.512. The Bertz CT molecular complexity index is 1350. The third kappa shape index (κ3) is 7.87. The Labute approximate surface area is 235 Å². The van der Waals surface area contributed by atoms with Gasteiger partial charge in [0.05, 0.1) is 26.5 Å². The molecule has 0 radical (unpaired) electrons. The number of hydrogen-bond donors (Lipinski definition) is 2. The van der Waals surface area contributed by atoms with E-state index in [1.165, 1.54) is 4.68 Å². The number of anilines is 1. The summed E-state index contributed by atoms with van der Waals surface area (Å²) in [4.78, 5) is 25.2. The molecule has 2 aromatic carbocycles. The van der Waals surface area contributed by atoms with Crippen molar-refractivity contribution in [2.45, 2.75) is 59.5 Å². The van der Waals surface area contributed by atoms with Crippen LogP contribution in [0.25, 0.3) is 5.69 Å². The van der Waals surface area contributed by atoms with Crippen LogP contribution in [-0.2, 0) is 10.2 Å². The smallest absolute Gasteiger partial charge is 0.407 e. The fourth-order valence-corrected chi connectivity index (χ4v) is 3.74. The fraction of sp³-hybridized carbons (Fsp3) is 0.448. The maximum Gasteiger partial charge on any atom is 0.407 e. The Hall–Kier alpha value is -4.28. The van der Waals surface area contributed by atoms with Crippen molar-refractivity contribution >= 4 is 17.7 Å². The lowest BCUT2D eigenvalue weighted by Crippen LogP contribution is -2.34. The fourth-order valence-electron chi connectivity index (χ4n) is 3.74. The van der Waals surface area contributed by atoms with Crippen molar-refractivity contribution < 1.29 is 28.5 Å². The molecule has 0 fully saturated rings. The topological polar surface area (TPSA) is 126 Å². The number of amides is 2. The van der Waals surface area contributed by atoms with Gasteiger partial charge in [0, 0.05) is 17.8 Å². The number of rotatable bonds is 9. The van der Waals surface area contributed by atoms with E-state index in [1.54, 1.807) is 66.2 Å². The molecule has 0 unspecified atom stereocenters. The first-order valence-corrected chi connectivity index (χ1v) is 12.9. The van der Waals surface area contributed by atoms with Crippen molar-refractivity contribution in [3.63, 3.8) is 0 Å². The molecule has 0 bridgehead atoms. The third-order valence-electron chi connectivity index (χ3n) is 5.79. The maximum atomic E-state index is 13.3. The number of carbonyl (C=O) groups is 2. The van der Waals surface area contributed by atoms with E-state index in [0.717, 1.165) is 5.56 Å². The zero-order valence-electron chi connectivity index (χ0n) is 24.7. The Kier molecular flexibility index (Phi) is 9.28. The monoisotopic (exact) mass is 553 g/mol. The van der Waals surface area contributed by atoms with E-state index in [1.807, 2.05) is 12.1 Å². The molecule has 11 heteroatoms. The van der Waals surface area contributed by atoms with Gasteiger partial charge < -0.3 is 29.6 Å². The lowest BCUT2D eigenvalue weighted by atomic mass is 9.86. The van der Waals surface area contributed by atoms with Gasteiger partial charge >= 0.3 is 6.09 Å². The van der Waals surface area contributed by atoms with Crippen LogP contribution in [0.4, 0.5) is 10.5 Å². The van der Waals surface area contributed by atoms with Gasteiger partial charge in [-0.25, -0.2) is 9.48 Å². The van der Waals surface area contributed by atoms with Gasteiger partial charge in [0.1, 0.15) is 35.1 Å². The third-order valence-corrected chi connectivity index (χ3v) is 5.79. The summed E-state index contributed by atoms with van der Waals surface area (Å²) >= 11 is 0. The summed E-state index contributed by atoms with van der Waals surface area (Å²) in [5, 5.41) is 13.9. The summed E-state index contributed by atoms with van der Waals surface area (Å²) in [7, 11) is 3.13. The molecule has 3 rings (SSSR count). The number of methoxy groups -OCH3 is 2. The molecule has 0 saturated carbocycles. The van der Waals surface area contributed by atoms with Crippen LogP contribution in [0.3, 0.4) is 0 Å². The predicted molar refractivity (Wildman–Crippen MR) is 152 cm³/mol. The zero-order valence-corrected chi connectivity index (χ0v) is 24.7. The van der Waals surface area contributed by atoms with Crippen molar-refractivity contribution in [3.8, 4) is 22.9 Å². The highest BCUT2D eigenvalue weighted by atomic mass is 16.6. The van der Waals surface area contributed by atoms with Crippen molar-refractivity contribution in [2.75, 3.05) is 32.7 Å². The number of nitrogens with one attached hydrogen (secondary N) is 2. The van der Waals surface area contributed by atoms with E-state index >= 15 is 0 Å². The van der Waals surface area contributed by atoms with Crippen LogP contribution in [0.15, 0.2) is 36.4 Å². The first-order chi connectivity index (χ1) is 18.7. The number of alkyl carbamates (subject to hydrolysis) is 1. The number of benzene rings is 2. The second-order valence-corrected chi connectivity index (χ2v) is 11.2. The molecule has 0 atom stereocenters. The van der Waals surface area contributed by atoms with Crippen molar-refractivity contribution in [1.82, 2.24) is 20.3 Å². The van der Waals surface area contributed by atoms with E-state index in [0.29, 0.717) is 34.3 Å². The van der Waals surface area contributed by atoms with Crippen molar-refractivity contribution in [1.29, 1.82) is 0 Å². The Morgan fingerprint density at radius 2 is 1.68 bits per heavy atom. The average molecular weight is 554 g/mol. The van der Waals surface area contributed by atoms with E-state index in [2.05, 4.69) is 41.7 Å². The van der Waals surface area contributed by atoms with Gasteiger partial charge in [-0.2, -0.15) is 0 Å². The number of carbonyl (C=O) groups excluding carboxylic acids is 2. The second kappa shape index (κ2) is 12.3. The first-order valence-electron chi connectivity index (χ1n) is 12.9. The van der Waals surface area contributed by atoms with E-state index < -0.39 is 17.6 Å².